The standard InChI is InChI=1S/C23H21FN2O2S/c24-19-11-5-6-12-20(19)25-23(27)26-14-15-29-22(26)18-10-4-7-13-21(18)28-16-17-8-2-1-3-9-17/h1-13,22H,14-16H2,(H,25,27)/t22-/m1/s1. The highest BCUT2D eigenvalue weighted by molar-refractivity contribution is 7.99. The summed E-state index contributed by atoms with van der Waals surface area (Å²) in [4.78, 5) is 14.6. The average molecular weight is 408 g/mol. The molecule has 0 unspecified atom stereocenters. The lowest BCUT2D eigenvalue weighted by molar-refractivity contribution is 0.213. The van der Waals surface area contributed by atoms with Crippen LogP contribution in [0.4, 0.5) is 14.9 Å². The van der Waals surface area contributed by atoms with E-state index in [1.807, 2.05) is 54.6 Å². The zero-order valence-corrected chi connectivity index (χ0v) is 16.6. The molecular formula is C23H21FN2O2S. The van der Waals surface area contributed by atoms with Gasteiger partial charge in [0.05, 0.1) is 5.69 Å². The molecular weight excluding hydrogens is 387 g/mol. The van der Waals surface area contributed by atoms with Gasteiger partial charge < -0.3 is 15.0 Å². The number of carbonyl (C=O) groups excluding carboxylic acids is 1. The summed E-state index contributed by atoms with van der Waals surface area (Å²) in [6.45, 7) is 1.04. The van der Waals surface area contributed by atoms with Crippen molar-refractivity contribution in [3.63, 3.8) is 0 Å². The first-order valence-corrected chi connectivity index (χ1v) is 10.5. The number of nitrogens with zero attached hydrogens (tertiary/aromatic N) is 1. The second-order valence-electron chi connectivity index (χ2n) is 6.64. The lowest BCUT2D eigenvalue weighted by atomic mass is 10.1. The number of benzene rings is 3. The van der Waals surface area contributed by atoms with Crippen LogP contribution in [0.15, 0.2) is 78.9 Å². The molecule has 148 valence electrons. The number of halogens is 1. The third-order valence-corrected chi connectivity index (χ3v) is 5.93. The first-order chi connectivity index (χ1) is 14.2. The number of thioether (sulfide) groups is 1. The van der Waals surface area contributed by atoms with Crippen LogP contribution < -0.4 is 10.1 Å². The summed E-state index contributed by atoms with van der Waals surface area (Å²) in [6, 6.07) is 23.6. The fourth-order valence-corrected chi connectivity index (χ4v) is 4.52. The van der Waals surface area contributed by atoms with Gasteiger partial charge in [-0.05, 0) is 23.8 Å². The highest BCUT2D eigenvalue weighted by Gasteiger charge is 2.32. The van der Waals surface area contributed by atoms with Crippen LogP contribution in [0.3, 0.4) is 0 Å². The molecule has 3 aromatic rings. The van der Waals surface area contributed by atoms with Crippen molar-refractivity contribution in [1.82, 2.24) is 4.90 Å². The summed E-state index contributed by atoms with van der Waals surface area (Å²) >= 11 is 1.67. The monoisotopic (exact) mass is 408 g/mol. The van der Waals surface area contributed by atoms with E-state index in [0.717, 1.165) is 22.6 Å². The van der Waals surface area contributed by atoms with Gasteiger partial charge in [-0.1, -0.05) is 60.7 Å². The fourth-order valence-electron chi connectivity index (χ4n) is 3.24. The van der Waals surface area contributed by atoms with Crippen LogP contribution in [-0.2, 0) is 6.61 Å². The van der Waals surface area contributed by atoms with E-state index >= 15 is 0 Å². The molecule has 4 nitrogen and oxygen atoms in total. The van der Waals surface area contributed by atoms with Crippen molar-refractivity contribution in [2.24, 2.45) is 0 Å². The Bertz CT molecular complexity index is 983. The summed E-state index contributed by atoms with van der Waals surface area (Å²) < 4.78 is 20.0. The number of nitrogens with one attached hydrogen (secondary N) is 1. The third kappa shape index (κ3) is 4.54. The summed E-state index contributed by atoms with van der Waals surface area (Å²) in [5.74, 6) is 1.11. The van der Waals surface area contributed by atoms with Gasteiger partial charge in [0.25, 0.3) is 0 Å². The molecule has 0 aromatic heterocycles. The summed E-state index contributed by atoms with van der Waals surface area (Å²) in [5.41, 5.74) is 2.20. The van der Waals surface area contributed by atoms with Crippen molar-refractivity contribution in [3.05, 3.63) is 95.8 Å². The molecule has 4 rings (SSSR count). The molecule has 0 aliphatic carbocycles. The minimum Gasteiger partial charge on any atom is -0.489 e. The van der Waals surface area contributed by atoms with Gasteiger partial charge in [0.1, 0.15) is 23.5 Å². The lowest BCUT2D eigenvalue weighted by Gasteiger charge is -2.26. The number of para-hydroxylation sites is 2. The van der Waals surface area contributed by atoms with Crippen LogP contribution in [0.1, 0.15) is 16.5 Å². The minimum absolute atomic E-state index is 0.182. The number of rotatable bonds is 5. The number of hydrogen-bond acceptors (Lipinski definition) is 3. The SMILES string of the molecule is O=C(Nc1ccccc1F)N1CCS[C@@H]1c1ccccc1OCc1ccccc1. The Morgan fingerprint density at radius 3 is 2.59 bits per heavy atom. The highest BCUT2D eigenvalue weighted by atomic mass is 32.2. The third-order valence-electron chi connectivity index (χ3n) is 4.69. The molecule has 3 aromatic carbocycles. The molecule has 1 fully saturated rings. The predicted molar refractivity (Wildman–Crippen MR) is 115 cm³/mol. The summed E-state index contributed by atoms with van der Waals surface area (Å²) in [6.07, 6.45) is 0. The molecule has 1 aliphatic heterocycles. The largest absolute Gasteiger partial charge is 0.489 e. The van der Waals surface area contributed by atoms with Gasteiger partial charge in [0.15, 0.2) is 0 Å². The van der Waals surface area contributed by atoms with Crippen LogP contribution in [0.25, 0.3) is 0 Å². The lowest BCUT2D eigenvalue weighted by Crippen LogP contribution is -2.34. The molecule has 1 aliphatic rings. The van der Waals surface area contributed by atoms with E-state index in [2.05, 4.69) is 5.32 Å². The van der Waals surface area contributed by atoms with Crippen LogP contribution in [0.2, 0.25) is 0 Å². The Kier molecular flexibility index (Phi) is 6.00. The van der Waals surface area contributed by atoms with Crippen LogP contribution in [0, 0.1) is 5.82 Å². The minimum atomic E-state index is -0.448. The Morgan fingerprint density at radius 1 is 1.03 bits per heavy atom. The van der Waals surface area contributed by atoms with Crippen LogP contribution in [0.5, 0.6) is 5.75 Å². The van der Waals surface area contributed by atoms with Gasteiger partial charge in [-0.25, -0.2) is 9.18 Å². The molecule has 1 heterocycles. The number of carbonyl (C=O) groups is 1. The maximum absolute atomic E-state index is 13.9. The maximum atomic E-state index is 13.9. The number of anilines is 1. The Morgan fingerprint density at radius 2 is 1.76 bits per heavy atom. The van der Waals surface area contributed by atoms with E-state index in [4.69, 9.17) is 4.74 Å². The average Bonchev–Trinajstić information content (AvgIpc) is 3.25. The number of hydrogen-bond donors (Lipinski definition) is 1. The molecule has 0 saturated carbocycles. The van der Waals surface area contributed by atoms with Gasteiger partial charge >= 0.3 is 6.03 Å². The van der Waals surface area contributed by atoms with Crippen molar-refractivity contribution < 1.29 is 13.9 Å². The first kappa shape index (κ1) is 19.3. The van der Waals surface area contributed by atoms with E-state index in [0.29, 0.717) is 13.2 Å². The van der Waals surface area contributed by atoms with Gasteiger partial charge in [-0.3, -0.25) is 0 Å². The van der Waals surface area contributed by atoms with Crippen LogP contribution in [-0.4, -0.2) is 23.2 Å². The molecule has 1 atom stereocenters. The van der Waals surface area contributed by atoms with Crippen molar-refractivity contribution in [2.75, 3.05) is 17.6 Å². The maximum Gasteiger partial charge on any atom is 0.323 e. The van der Waals surface area contributed by atoms with E-state index in [-0.39, 0.29) is 17.1 Å². The number of ether oxygens (including phenoxy) is 1. The normalized spacial score (nSPS) is 15.9. The Hall–Kier alpha value is -2.99. The smallest absolute Gasteiger partial charge is 0.323 e. The molecule has 29 heavy (non-hydrogen) atoms. The van der Waals surface area contributed by atoms with E-state index in [1.54, 1.807) is 34.9 Å². The van der Waals surface area contributed by atoms with Crippen molar-refractivity contribution in [1.29, 1.82) is 0 Å². The fraction of sp³-hybridized carbons (Fsp3) is 0.174. The van der Waals surface area contributed by atoms with E-state index < -0.39 is 5.82 Å². The molecule has 0 spiro atoms. The number of urea groups is 1. The van der Waals surface area contributed by atoms with Gasteiger partial charge in [0, 0.05) is 17.9 Å². The predicted octanol–water partition coefficient (Wildman–Crippen LogP) is 5.68. The van der Waals surface area contributed by atoms with Crippen molar-refractivity contribution >= 4 is 23.5 Å². The zero-order valence-electron chi connectivity index (χ0n) is 15.8. The van der Waals surface area contributed by atoms with Crippen molar-refractivity contribution in [3.8, 4) is 5.75 Å². The molecule has 2 amide bonds. The van der Waals surface area contributed by atoms with Crippen LogP contribution >= 0.6 is 11.8 Å². The zero-order chi connectivity index (χ0) is 20.1. The Labute approximate surface area is 173 Å². The molecule has 1 saturated heterocycles. The summed E-state index contributed by atoms with van der Waals surface area (Å²) in [7, 11) is 0. The molecule has 0 radical (unpaired) electrons. The number of amides is 2. The van der Waals surface area contributed by atoms with Crippen molar-refractivity contribution in [2.45, 2.75) is 12.0 Å². The van der Waals surface area contributed by atoms with E-state index in [9.17, 15) is 9.18 Å². The van der Waals surface area contributed by atoms with Gasteiger partial charge in [0.2, 0.25) is 0 Å². The highest BCUT2D eigenvalue weighted by Crippen LogP contribution is 2.42. The van der Waals surface area contributed by atoms with Gasteiger partial charge in [-0.2, -0.15) is 0 Å². The van der Waals surface area contributed by atoms with E-state index in [1.165, 1.54) is 6.07 Å². The first-order valence-electron chi connectivity index (χ1n) is 9.42. The second-order valence-corrected chi connectivity index (χ2v) is 7.83. The molecule has 1 N–H and O–H groups in total. The molecule has 0 bridgehead atoms. The topological polar surface area (TPSA) is 41.6 Å². The molecule has 6 heteroatoms. The van der Waals surface area contributed by atoms with Gasteiger partial charge in [-0.15, -0.1) is 11.8 Å². The summed E-state index contributed by atoms with van der Waals surface area (Å²) in [5, 5.41) is 2.50. The second kappa shape index (κ2) is 9.01. The quantitative estimate of drug-likeness (QED) is 0.590. The Balaban J connectivity index is 1.51.